The molecule has 0 unspecified atom stereocenters. The summed E-state index contributed by atoms with van der Waals surface area (Å²) in [5, 5.41) is 7.10. The Morgan fingerprint density at radius 2 is 2.09 bits per heavy atom. The second-order valence-electron chi connectivity index (χ2n) is 4.52. The molecule has 3 heterocycles. The molecule has 114 valence electrons. The highest BCUT2D eigenvalue weighted by molar-refractivity contribution is 6.31. The van der Waals surface area contributed by atoms with Crippen LogP contribution in [-0.4, -0.2) is 25.3 Å². The Morgan fingerprint density at radius 1 is 1.32 bits per heavy atom. The van der Waals surface area contributed by atoms with Crippen LogP contribution in [0.15, 0.2) is 10.8 Å². The van der Waals surface area contributed by atoms with Gasteiger partial charge in [-0.15, -0.1) is 0 Å². The highest BCUT2D eigenvalue weighted by Gasteiger charge is 2.19. The van der Waals surface area contributed by atoms with Crippen LogP contribution in [-0.2, 0) is 6.42 Å². The predicted molar refractivity (Wildman–Crippen MR) is 73.6 cm³/mol. The average Bonchev–Trinajstić information content (AvgIpc) is 2.93. The van der Waals surface area contributed by atoms with Crippen molar-refractivity contribution in [2.24, 2.45) is 0 Å². The Labute approximate surface area is 127 Å². The van der Waals surface area contributed by atoms with E-state index in [1.165, 1.54) is 0 Å². The lowest BCUT2D eigenvalue weighted by atomic mass is 10.1. The molecule has 0 radical (unpaired) electrons. The van der Waals surface area contributed by atoms with Crippen LogP contribution < -0.4 is 5.73 Å². The van der Waals surface area contributed by atoms with E-state index >= 15 is 0 Å². The fourth-order valence-electron chi connectivity index (χ4n) is 2.03. The van der Waals surface area contributed by atoms with Gasteiger partial charge in [-0.3, -0.25) is 0 Å². The molecule has 0 spiro atoms. The molecule has 0 amide bonds. The molecule has 3 rings (SSSR count). The quantitative estimate of drug-likeness (QED) is 0.788. The Kier molecular flexibility index (Phi) is 3.57. The number of nitrogens with two attached hydrogens (primary N) is 1. The molecule has 3 aromatic heterocycles. The van der Waals surface area contributed by atoms with E-state index in [1.807, 2.05) is 0 Å². The first kappa shape index (κ1) is 14.5. The molecule has 3 aromatic rings. The predicted octanol–water partition coefficient (Wildman–Crippen LogP) is 2.48. The van der Waals surface area contributed by atoms with Gasteiger partial charge in [0.25, 0.3) is 6.43 Å². The fraction of sp³-hybridized carbons (Fsp3) is 0.250. The molecular formula is C12H9ClF2N6O. The topological polar surface area (TPSA) is 104 Å². The van der Waals surface area contributed by atoms with E-state index in [1.54, 1.807) is 6.92 Å². The lowest BCUT2D eigenvalue weighted by Crippen LogP contribution is -2.07. The van der Waals surface area contributed by atoms with Gasteiger partial charge in [0, 0.05) is 23.9 Å². The van der Waals surface area contributed by atoms with Crippen molar-refractivity contribution in [1.29, 1.82) is 0 Å². The van der Waals surface area contributed by atoms with Gasteiger partial charge in [-0.2, -0.15) is 0 Å². The molecule has 0 fully saturated rings. The molecule has 0 aromatic carbocycles. The van der Waals surface area contributed by atoms with Crippen molar-refractivity contribution >= 4 is 28.5 Å². The molecule has 2 N–H and O–H groups in total. The van der Waals surface area contributed by atoms with E-state index in [-0.39, 0.29) is 22.9 Å². The van der Waals surface area contributed by atoms with Crippen LogP contribution >= 0.6 is 11.6 Å². The minimum atomic E-state index is -2.78. The minimum absolute atomic E-state index is 0.115. The lowest BCUT2D eigenvalue weighted by molar-refractivity contribution is 0.145. The van der Waals surface area contributed by atoms with Crippen LogP contribution in [0.2, 0.25) is 5.02 Å². The first-order valence-electron chi connectivity index (χ1n) is 6.14. The molecule has 0 aliphatic rings. The highest BCUT2D eigenvalue weighted by Crippen LogP contribution is 2.27. The van der Waals surface area contributed by atoms with E-state index < -0.39 is 12.1 Å². The minimum Gasteiger partial charge on any atom is -0.396 e. The Balaban J connectivity index is 2.05. The van der Waals surface area contributed by atoms with Crippen molar-refractivity contribution in [1.82, 2.24) is 25.3 Å². The van der Waals surface area contributed by atoms with Crippen LogP contribution in [0, 0.1) is 6.92 Å². The van der Waals surface area contributed by atoms with Gasteiger partial charge in [0.1, 0.15) is 11.5 Å². The molecule has 0 atom stereocenters. The summed E-state index contributed by atoms with van der Waals surface area (Å²) in [6.07, 6.45) is -1.53. The summed E-state index contributed by atoms with van der Waals surface area (Å²) >= 11 is 5.65. The fourth-order valence-corrected chi connectivity index (χ4v) is 2.20. The molecule has 22 heavy (non-hydrogen) atoms. The number of aryl methyl sites for hydroxylation is 1. The first-order chi connectivity index (χ1) is 10.5. The number of nitrogens with zero attached hydrogens (tertiary/aromatic N) is 5. The number of hydrogen-bond donors (Lipinski definition) is 1. The number of alkyl halides is 2. The molecule has 0 saturated carbocycles. The van der Waals surface area contributed by atoms with E-state index in [2.05, 4.69) is 29.9 Å². The monoisotopic (exact) mass is 326 g/mol. The van der Waals surface area contributed by atoms with E-state index in [0.717, 1.165) is 6.20 Å². The van der Waals surface area contributed by atoms with E-state index in [4.69, 9.17) is 17.3 Å². The van der Waals surface area contributed by atoms with E-state index in [0.29, 0.717) is 22.5 Å². The summed E-state index contributed by atoms with van der Waals surface area (Å²) in [5.74, 6) is 0.159. The van der Waals surface area contributed by atoms with Crippen LogP contribution in [0.5, 0.6) is 0 Å². The number of halogens is 3. The van der Waals surface area contributed by atoms with Gasteiger partial charge in [0.05, 0.1) is 10.7 Å². The highest BCUT2D eigenvalue weighted by atomic mass is 35.5. The number of aromatic nitrogens is 5. The van der Waals surface area contributed by atoms with Gasteiger partial charge < -0.3 is 5.73 Å². The van der Waals surface area contributed by atoms with Crippen molar-refractivity contribution in [3.63, 3.8) is 0 Å². The van der Waals surface area contributed by atoms with Gasteiger partial charge in [-0.1, -0.05) is 11.6 Å². The second kappa shape index (κ2) is 5.41. The van der Waals surface area contributed by atoms with Gasteiger partial charge >= 0.3 is 0 Å². The lowest BCUT2D eigenvalue weighted by Gasteiger charge is -2.09. The van der Waals surface area contributed by atoms with Gasteiger partial charge in [-0.05, 0) is 17.2 Å². The molecular weight excluding hydrogens is 318 g/mol. The molecule has 0 saturated heterocycles. The average molecular weight is 327 g/mol. The number of pyridine rings is 1. The zero-order chi connectivity index (χ0) is 15.9. The van der Waals surface area contributed by atoms with Crippen LogP contribution in [0.4, 0.5) is 14.5 Å². The van der Waals surface area contributed by atoms with Crippen molar-refractivity contribution < 1.29 is 13.4 Å². The number of hydrogen-bond acceptors (Lipinski definition) is 7. The first-order valence-corrected chi connectivity index (χ1v) is 6.52. The van der Waals surface area contributed by atoms with Crippen LogP contribution in [0.3, 0.4) is 0 Å². The van der Waals surface area contributed by atoms with Gasteiger partial charge in [-0.25, -0.2) is 28.4 Å². The van der Waals surface area contributed by atoms with Crippen molar-refractivity contribution in [2.45, 2.75) is 19.8 Å². The smallest absolute Gasteiger partial charge is 0.281 e. The summed E-state index contributed by atoms with van der Waals surface area (Å²) in [5.41, 5.74) is 7.53. The molecule has 10 heteroatoms. The summed E-state index contributed by atoms with van der Waals surface area (Å²) in [7, 11) is 0. The number of fused-ring (bicyclic) bond motifs is 1. The van der Waals surface area contributed by atoms with Gasteiger partial charge in [0.15, 0.2) is 5.52 Å². The third-order valence-electron chi connectivity index (χ3n) is 3.12. The standard InChI is InChI=1S/C12H9ClF2N6O/c1-4-5(8(16)10-12(18-4)21-22-20-10)2-7-17-3-6(13)9(19-7)11(14)15/h3,11H,2,16H2,1H3. The number of anilines is 1. The van der Waals surface area contributed by atoms with E-state index in [9.17, 15) is 8.78 Å². The SMILES string of the molecule is Cc1nc2nonc2c(N)c1Cc1ncc(Cl)c(C(F)F)n1. The summed E-state index contributed by atoms with van der Waals surface area (Å²) in [4.78, 5) is 11.9. The van der Waals surface area contributed by atoms with Crippen LogP contribution in [0.1, 0.15) is 29.2 Å². The Bertz CT molecular complexity index is 853. The summed E-state index contributed by atoms with van der Waals surface area (Å²) in [6.45, 7) is 1.71. The Morgan fingerprint density at radius 3 is 2.82 bits per heavy atom. The molecule has 0 aliphatic heterocycles. The summed E-state index contributed by atoms with van der Waals surface area (Å²) < 4.78 is 30.2. The normalized spacial score (nSPS) is 11.5. The number of nitrogen functional groups attached to an aromatic ring is 1. The third kappa shape index (κ3) is 2.43. The third-order valence-corrected chi connectivity index (χ3v) is 3.42. The maximum Gasteiger partial charge on any atom is 0.281 e. The molecule has 0 bridgehead atoms. The molecule has 7 nitrogen and oxygen atoms in total. The van der Waals surface area contributed by atoms with Crippen molar-refractivity contribution in [2.75, 3.05) is 5.73 Å². The zero-order valence-electron chi connectivity index (χ0n) is 11.2. The zero-order valence-corrected chi connectivity index (χ0v) is 12.0. The van der Waals surface area contributed by atoms with Crippen molar-refractivity contribution in [3.05, 3.63) is 34.0 Å². The molecule has 0 aliphatic carbocycles. The number of rotatable bonds is 3. The van der Waals surface area contributed by atoms with Gasteiger partial charge in [0.2, 0.25) is 5.65 Å². The maximum atomic E-state index is 12.8. The van der Waals surface area contributed by atoms with Crippen molar-refractivity contribution in [3.8, 4) is 0 Å². The second-order valence-corrected chi connectivity index (χ2v) is 4.93. The Hall–Kier alpha value is -2.42. The summed E-state index contributed by atoms with van der Waals surface area (Å²) in [6, 6.07) is 0. The maximum absolute atomic E-state index is 12.8. The largest absolute Gasteiger partial charge is 0.396 e. The van der Waals surface area contributed by atoms with Crippen LogP contribution in [0.25, 0.3) is 11.2 Å².